The normalized spacial score (nSPS) is 10.5. The molecule has 0 fully saturated rings. The van der Waals surface area contributed by atoms with Crippen LogP contribution in [0.4, 0.5) is 0 Å². The van der Waals surface area contributed by atoms with Crippen LogP contribution in [0.25, 0.3) is 11.4 Å². The molecule has 0 aliphatic carbocycles. The number of aromatic hydroxyl groups is 1. The molecule has 6 nitrogen and oxygen atoms in total. The molecule has 6 heteroatoms. The fraction of sp³-hybridized carbons (Fsp3) is 0.400. The van der Waals surface area contributed by atoms with Gasteiger partial charge in [0, 0.05) is 12.7 Å². The Morgan fingerprint density at radius 2 is 1.90 bits per heavy atom. The Balaban J connectivity index is 1.88. The zero-order valence-corrected chi connectivity index (χ0v) is 12.0. The number of hydrogen-bond acceptors (Lipinski definition) is 6. The number of unbranched alkanes of at least 4 members (excludes halogenated alkanes) is 1. The summed E-state index contributed by atoms with van der Waals surface area (Å²) >= 11 is 0. The molecule has 0 radical (unpaired) electrons. The van der Waals surface area contributed by atoms with E-state index in [9.17, 15) is 5.11 Å². The molecule has 0 unspecified atom stereocenters. The van der Waals surface area contributed by atoms with E-state index in [2.05, 4.69) is 21.9 Å². The molecule has 0 aliphatic rings. The first kappa shape index (κ1) is 15.2. The Labute approximate surface area is 123 Å². The van der Waals surface area contributed by atoms with Crippen LogP contribution >= 0.6 is 0 Å². The molecule has 0 amide bonds. The molecule has 1 aromatic carbocycles. The van der Waals surface area contributed by atoms with Gasteiger partial charge in [0.2, 0.25) is 0 Å². The van der Waals surface area contributed by atoms with Crippen molar-refractivity contribution in [1.29, 1.82) is 0 Å². The lowest BCUT2D eigenvalue weighted by Gasteiger charge is -2.09. The molecule has 0 spiro atoms. The molecular formula is C15H19N3O3. The molecule has 1 aromatic heterocycles. The van der Waals surface area contributed by atoms with Crippen LogP contribution in [0.15, 0.2) is 30.9 Å². The largest absolute Gasteiger partial charge is 0.507 e. The van der Waals surface area contributed by atoms with E-state index >= 15 is 0 Å². The van der Waals surface area contributed by atoms with E-state index in [-0.39, 0.29) is 5.75 Å². The topological polar surface area (TPSA) is 77.4 Å². The third-order valence-corrected chi connectivity index (χ3v) is 2.84. The van der Waals surface area contributed by atoms with Crippen molar-refractivity contribution < 1.29 is 14.6 Å². The highest BCUT2D eigenvalue weighted by molar-refractivity contribution is 5.64. The van der Waals surface area contributed by atoms with Gasteiger partial charge in [0.15, 0.2) is 5.82 Å². The van der Waals surface area contributed by atoms with Gasteiger partial charge < -0.3 is 14.6 Å². The van der Waals surface area contributed by atoms with E-state index in [0.29, 0.717) is 30.4 Å². The molecule has 0 atom stereocenters. The summed E-state index contributed by atoms with van der Waals surface area (Å²) in [6.07, 6.45) is 4.95. The average molecular weight is 289 g/mol. The van der Waals surface area contributed by atoms with E-state index in [0.717, 1.165) is 19.4 Å². The standard InChI is InChI=1S/C15H19N3O3/c1-2-3-6-20-7-8-21-12-4-5-13(14(19)9-12)15-17-10-16-11-18-15/h4-5,9-11,19H,2-3,6-8H2,1H3. The van der Waals surface area contributed by atoms with Crippen molar-refractivity contribution in [3.05, 3.63) is 30.9 Å². The fourth-order valence-electron chi connectivity index (χ4n) is 1.74. The summed E-state index contributed by atoms with van der Waals surface area (Å²) < 4.78 is 10.9. The summed E-state index contributed by atoms with van der Waals surface area (Å²) in [5, 5.41) is 10.0. The number of aromatic nitrogens is 3. The van der Waals surface area contributed by atoms with Crippen LogP contribution in [0.3, 0.4) is 0 Å². The molecule has 0 saturated heterocycles. The molecule has 1 N–H and O–H groups in total. The number of phenols is 1. The van der Waals surface area contributed by atoms with Crippen molar-refractivity contribution in [2.45, 2.75) is 19.8 Å². The van der Waals surface area contributed by atoms with Crippen LogP contribution in [0.1, 0.15) is 19.8 Å². The van der Waals surface area contributed by atoms with E-state index in [1.165, 1.54) is 12.7 Å². The van der Waals surface area contributed by atoms with Crippen LogP contribution < -0.4 is 4.74 Å². The van der Waals surface area contributed by atoms with Gasteiger partial charge in [-0.15, -0.1) is 0 Å². The lowest BCUT2D eigenvalue weighted by atomic mass is 10.2. The smallest absolute Gasteiger partial charge is 0.166 e. The van der Waals surface area contributed by atoms with Gasteiger partial charge in [-0.3, -0.25) is 0 Å². The molecule has 112 valence electrons. The van der Waals surface area contributed by atoms with Crippen molar-refractivity contribution in [2.24, 2.45) is 0 Å². The molecule has 0 bridgehead atoms. The summed E-state index contributed by atoms with van der Waals surface area (Å²) in [7, 11) is 0. The highest BCUT2D eigenvalue weighted by Gasteiger charge is 2.08. The molecule has 0 saturated carbocycles. The summed E-state index contributed by atoms with van der Waals surface area (Å²) in [6.45, 7) is 3.87. The summed E-state index contributed by atoms with van der Waals surface area (Å²) in [6, 6.07) is 5.04. The maximum atomic E-state index is 10.0. The molecule has 2 rings (SSSR count). The average Bonchev–Trinajstić information content (AvgIpc) is 2.52. The minimum Gasteiger partial charge on any atom is -0.507 e. The van der Waals surface area contributed by atoms with Crippen LogP contribution in [-0.2, 0) is 4.74 Å². The Morgan fingerprint density at radius 3 is 2.62 bits per heavy atom. The third-order valence-electron chi connectivity index (χ3n) is 2.84. The Bertz CT molecular complexity index is 549. The van der Waals surface area contributed by atoms with E-state index in [1.807, 2.05) is 0 Å². The molecular weight excluding hydrogens is 270 g/mol. The molecule has 0 aliphatic heterocycles. The summed E-state index contributed by atoms with van der Waals surface area (Å²) in [5.41, 5.74) is 0.545. The van der Waals surface area contributed by atoms with E-state index < -0.39 is 0 Å². The number of phenolic OH excluding ortho intramolecular Hbond substituents is 1. The second-order valence-electron chi connectivity index (χ2n) is 4.46. The SMILES string of the molecule is CCCCOCCOc1ccc(-c2ncncn2)c(O)c1. The van der Waals surface area contributed by atoms with Gasteiger partial charge in [-0.25, -0.2) is 15.0 Å². The zero-order chi connectivity index (χ0) is 14.9. The summed E-state index contributed by atoms with van der Waals surface area (Å²) in [4.78, 5) is 11.7. The van der Waals surface area contributed by atoms with Crippen LogP contribution in [0.2, 0.25) is 0 Å². The first-order valence-corrected chi connectivity index (χ1v) is 6.97. The lowest BCUT2D eigenvalue weighted by Crippen LogP contribution is -2.07. The van der Waals surface area contributed by atoms with Crippen molar-refractivity contribution in [3.8, 4) is 22.9 Å². The summed E-state index contributed by atoms with van der Waals surface area (Å²) in [5.74, 6) is 1.09. The maximum Gasteiger partial charge on any atom is 0.166 e. The molecule has 1 heterocycles. The van der Waals surface area contributed by atoms with Crippen LogP contribution in [-0.4, -0.2) is 39.9 Å². The van der Waals surface area contributed by atoms with Gasteiger partial charge in [0.25, 0.3) is 0 Å². The second-order valence-corrected chi connectivity index (χ2v) is 4.46. The molecule has 2 aromatic rings. The number of benzene rings is 1. The van der Waals surface area contributed by atoms with Gasteiger partial charge in [0.1, 0.15) is 30.8 Å². The van der Waals surface area contributed by atoms with Gasteiger partial charge in [-0.1, -0.05) is 13.3 Å². The predicted molar refractivity (Wildman–Crippen MR) is 78.1 cm³/mol. The fourth-order valence-corrected chi connectivity index (χ4v) is 1.74. The Hall–Kier alpha value is -2.21. The van der Waals surface area contributed by atoms with Gasteiger partial charge in [-0.05, 0) is 18.6 Å². The van der Waals surface area contributed by atoms with Crippen LogP contribution in [0.5, 0.6) is 11.5 Å². The highest BCUT2D eigenvalue weighted by atomic mass is 16.5. The van der Waals surface area contributed by atoms with E-state index in [1.54, 1.807) is 18.2 Å². The highest BCUT2D eigenvalue weighted by Crippen LogP contribution is 2.29. The number of ether oxygens (including phenoxy) is 2. The Kier molecular flexibility index (Phi) is 5.90. The molecule has 21 heavy (non-hydrogen) atoms. The number of hydrogen-bond donors (Lipinski definition) is 1. The van der Waals surface area contributed by atoms with Crippen molar-refractivity contribution >= 4 is 0 Å². The predicted octanol–water partition coefficient (Wildman–Crippen LogP) is 2.44. The lowest BCUT2D eigenvalue weighted by molar-refractivity contribution is 0.0980. The first-order valence-electron chi connectivity index (χ1n) is 6.97. The van der Waals surface area contributed by atoms with E-state index in [4.69, 9.17) is 9.47 Å². The van der Waals surface area contributed by atoms with Gasteiger partial charge in [-0.2, -0.15) is 0 Å². The minimum absolute atomic E-state index is 0.0746. The zero-order valence-electron chi connectivity index (χ0n) is 12.0. The maximum absolute atomic E-state index is 10.0. The first-order chi connectivity index (χ1) is 10.3. The quantitative estimate of drug-likeness (QED) is 0.752. The monoisotopic (exact) mass is 289 g/mol. The Morgan fingerprint density at radius 1 is 1.10 bits per heavy atom. The van der Waals surface area contributed by atoms with Gasteiger partial charge in [0.05, 0.1) is 12.2 Å². The third kappa shape index (κ3) is 4.68. The van der Waals surface area contributed by atoms with Gasteiger partial charge >= 0.3 is 0 Å². The van der Waals surface area contributed by atoms with Crippen molar-refractivity contribution in [3.63, 3.8) is 0 Å². The van der Waals surface area contributed by atoms with Crippen molar-refractivity contribution in [1.82, 2.24) is 15.0 Å². The van der Waals surface area contributed by atoms with Crippen LogP contribution in [0, 0.1) is 0 Å². The minimum atomic E-state index is 0.0746. The van der Waals surface area contributed by atoms with Crippen molar-refractivity contribution in [2.75, 3.05) is 19.8 Å². The second kappa shape index (κ2) is 8.16. The number of rotatable bonds is 8. The number of nitrogens with zero attached hydrogens (tertiary/aromatic N) is 3.